The van der Waals surface area contributed by atoms with E-state index in [1.54, 1.807) is 25.2 Å². The summed E-state index contributed by atoms with van der Waals surface area (Å²) in [7, 11) is -9.02. The number of nitrogens with zero attached hydrogens (tertiary/aromatic N) is 4. The van der Waals surface area contributed by atoms with E-state index in [1.807, 2.05) is 6.92 Å². The van der Waals surface area contributed by atoms with Crippen LogP contribution in [0.5, 0.6) is 5.75 Å². The Morgan fingerprint density at radius 2 is 1.60 bits per heavy atom. The summed E-state index contributed by atoms with van der Waals surface area (Å²) in [4.78, 5) is 34.5. The topological polar surface area (TPSA) is 130 Å². The molecule has 2 aliphatic carbocycles. The Balaban J connectivity index is 0.000000214. The monoisotopic (exact) mass is 956 g/mol. The minimum atomic E-state index is -10.7. The van der Waals surface area contributed by atoms with Crippen molar-refractivity contribution in [3.8, 4) is 5.75 Å². The Morgan fingerprint density at radius 3 is 2.15 bits per heavy atom. The maximum absolute atomic E-state index is 12.9. The molecule has 19 heteroatoms. The van der Waals surface area contributed by atoms with Gasteiger partial charge in [0.1, 0.15) is 16.2 Å². The van der Waals surface area contributed by atoms with Crippen molar-refractivity contribution in [1.29, 1.82) is 0 Å². The Labute approximate surface area is 295 Å². The molecule has 0 radical (unpaired) electrons. The van der Waals surface area contributed by atoms with Gasteiger partial charge in [-0.25, -0.2) is 9.37 Å². The maximum atomic E-state index is 12.9. The molecule has 0 bridgehead atoms. The van der Waals surface area contributed by atoms with Crippen LogP contribution < -0.4 is 5.32 Å². The summed E-state index contributed by atoms with van der Waals surface area (Å²) in [6.07, 6.45) is 6.90. The van der Waals surface area contributed by atoms with Crippen LogP contribution in [0.15, 0.2) is 41.3 Å². The number of aryl methyl sites for hydroxylation is 1. The molecule has 5 aliphatic rings. The molecule has 0 aromatic carbocycles. The first-order valence-electron chi connectivity index (χ1n) is 15.0. The van der Waals surface area contributed by atoms with Crippen molar-refractivity contribution in [1.82, 2.24) is 20.2 Å². The maximum Gasteiger partial charge on any atom is 0.141 e. The van der Waals surface area contributed by atoms with Crippen LogP contribution in [-0.4, -0.2) is 74.7 Å². The van der Waals surface area contributed by atoms with Crippen LogP contribution in [0.2, 0.25) is 0 Å². The third kappa shape index (κ3) is 11.1. The summed E-state index contributed by atoms with van der Waals surface area (Å²) >= 11 is 3.07. The summed E-state index contributed by atoms with van der Waals surface area (Å²) < 4.78 is 71.8. The Hall–Kier alpha value is -1.77. The number of amides is 2. The van der Waals surface area contributed by atoms with E-state index in [0.29, 0.717) is 16.6 Å². The molecule has 3 aliphatic heterocycles. The van der Waals surface area contributed by atoms with Crippen molar-refractivity contribution in [3.63, 3.8) is 0 Å². The second-order valence-corrected chi connectivity index (χ2v) is 15.1. The molecule has 2 amide bonds. The fraction of sp³-hybridized carbons (Fsp3) is 0.586. The smallest absolute Gasteiger partial charge is 0.141 e. The number of carbonyl (C=O) groups excluding carboxylic acids is 2. The molecule has 48 heavy (non-hydrogen) atoms. The number of halogens is 8. The van der Waals surface area contributed by atoms with Crippen molar-refractivity contribution in [2.24, 2.45) is 29.6 Å². The number of aliphatic hydroxyl groups is 1. The molecule has 5 fully saturated rings. The molecule has 9 unspecified atom stereocenters. The van der Waals surface area contributed by atoms with Gasteiger partial charge >= 0.3 is 33.0 Å². The van der Waals surface area contributed by atoms with Crippen LogP contribution in [0.4, 0.5) is 29.6 Å². The number of piperidine rings is 1. The van der Waals surface area contributed by atoms with Crippen LogP contribution in [0.1, 0.15) is 37.8 Å². The number of hydrogen-bond acceptors (Lipinski definition) is 7. The molecular formula is C29H36BrF7N5O4PPt-2. The van der Waals surface area contributed by atoms with Gasteiger partial charge in [-0.2, -0.15) is 0 Å². The number of rotatable bonds is 0. The van der Waals surface area contributed by atoms with Crippen molar-refractivity contribution in [2.45, 2.75) is 63.3 Å². The molecule has 9 atom stereocenters. The van der Waals surface area contributed by atoms with E-state index in [1.165, 1.54) is 17.2 Å². The first-order chi connectivity index (χ1) is 21.6. The molecule has 274 valence electrons. The van der Waals surface area contributed by atoms with Gasteiger partial charge in [0, 0.05) is 39.8 Å². The first kappa shape index (κ1) is 40.7. The number of pyridine rings is 2. The second kappa shape index (κ2) is 14.8. The van der Waals surface area contributed by atoms with Gasteiger partial charge < -0.3 is 20.8 Å². The van der Waals surface area contributed by atoms with E-state index in [0.717, 1.165) is 50.5 Å². The van der Waals surface area contributed by atoms with Gasteiger partial charge in [0.15, 0.2) is 0 Å². The number of hydrogen-bond donors (Lipinski definition) is 3. The molecular weight excluding hydrogens is 921 g/mol. The summed E-state index contributed by atoms with van der Waals surface area (Å²) in [6, 6.07) is 7.01. The third-order valence-electron chi connectivity index (χ3n) is 9.11. The molecule has 3 N–H and O–H groups in total. The van der Waals surface area contributed by atoms with Gasteiger partial charge in [0.05, 0.1) is 30.3 Å². The molecule has 2 aromatic heterocycles. The standard InChI is InChI=1S/C18H26N3O3.C6H7NO.C5H3BrFN.F6P.Pt/c1-21-17(23)13-9-3-2-6-19-15(9)16-12(14(13)18(21)24)10-7-8(22)4-5-11(10)20-16;1-5-2-3-6(8)4-7-5;6-5-2-1-4(7)3-8-5;1-7(2,3,4,5)6;/h8-16,20,22H,2-7H2,1H3;2-4,8H,1H3;1-3H;;/q-1;;;-1;. The van der Waals surface area contributed by atoms with Crippen molar-refractivity contribution in [3.05, 3.63) is 58.1 Å². The van der Waals surface area contributed by atoms with E-state index in [9.17, 15) is 44.3 Å². The quantitative estimate of drug-likeness (QED) is 0.113. The van der Waals surface area contributed by atoms with Crippen LogP contribution in [0, 0.1) is 42.3 Å². The normalized spacial score (nSPS) is 33.1. The number of carbonyl (C=O) groups is 2. The van der Waals surface area contributed by atoms with E-state index >= 15 is 0 Å². The van der Waals surface area contributed by atoms with E-state index in [-0.39, 0.29) is 86.3 Å². The molecule has 9 nitrogen and oxygen atoms in total. The van der Waals surface area contributed by atoms with Crippen molar-refractivity contribution < 1.29 is 70.4 Å². The fourth-order valence-electron chi connectivity index (χ4n) is 7.43. The molecule has 7 rings (SSSR count). The van der Waals surface area contributed by atoms with Crippen LogP contribution >= 0.6 is 23.7 Å². The molecule has 2 saturated carbocycles. The van der Waals surface area contributed by atoms with Gasteiger partial charge in [0.2, 0.25) is 11.8 Å². The Morgan fingerprint density at radius 1 is 0.958 bits per heavy atom. The van der Waals surface area contributed by atoms with Gasteiger partial charge in [0.25, 0.3) is 0 Å². The average molecular weight is 958 g/mol. The summed E-state index contributed by atoms with van der Waals surface area (Å²) in [6.45, 7) is 2.75. The van der Waals surface area contributed by atoms with Gasteiger partial charge in [-0.3, -0.25) is 19.5 Å². The van der Waals surface area contributed by atoms with Crippen LogP contribution in [0.25, 0.3) is 5.32 Å². The van der Waals surface area contributed by atoms with Crippen LogP contribution in [-0.2, 0) is 30.7 Å². The second-order valence-electron chi connectivity index (χ2n) is 12.4. The Bertz CT molecular complexity index is 1340. The SMILES string of the molecule is CN1C(=O)C2C3CCC[N-]C3C3NC4CCC(O)CC4C3C2C1=O.Cc1ccc(O)cn1.F[P-](F)(F)(F)(F)F.Fc1ccc(Br)nc1.[Pt]. The molecule has 0 spiro atoms. The Kier molecular flexibility index (Phi) is 12.6. The first-order valence-corrected chi connectivity index (χ1v) is 17.8. The van der Waals surface area contributed by atoms with Gasteiger partial charge in [-0.1, -0.05) is 12.8 Å². The molecule has 5 heterocycles. The third-order valence-corrected chi connectivity index (χ3v) is 9.58. The number of fused-ring (bicyclic) bond motifs is 8. The minimum Gasteiger partial charge on any atom is -0.246 e. The summed E-state index contributed by atoms with van der Waals surface area (Å²) in [5.74, 6) is 0.203. The van der Waals surface area contributed by atoms with E-state index < -0.39 is 7.81 Å². The molecule has 2 aromatic rings. The minimum absolute atomic E-state index is 0. The number of aromatic hydroxyl groups is 1. The fourth-order valence-corrected chi connectivity index (χ4v) is 7.67. The van der Waals surface area contributed by atoms with Gasteiger partial charge in [-0.15, -0.1) is 12.6 Å². The zero-order chi connectivity index (χ0) is 35.0. The zero-order valence-corrected chi connectivity index (χ0v) is 30.4. The predicted molar refractivity (Wildman–Crippen MR) is 163 cm³/mol. The number of likely N-dealkylation sites (tertiary alicyclic amines) is 1. The van der Waals surface area contributed by atoms with E-state index in [2.05, 4.69) is 31.2 Å². The number of aromatic nitrogens is 2. The number of nitrogens with one attached hydrogen (secondary N) is 1. The number of aliphatic hydroxyl groups excluding tert-OH is 1. The van der Waals surface area contributed by atoms with E-state index in [4.69, 9.17) is 10.4 Å². The van der Waals surface area contributed by atoms with Crippen molar-refractivity contribution in [2.75, 3.05) is 13.6 Å². The predicted octanol–water partition coefficient (Wildman–Crippen LogP) is 6.96. The van der Waals surface area contributed by atoms with Gasteiger partial charge in [-0.05, 0) is 90.2 Å². The summed E-state index contributed by atoms with van der Waals surface area (Å²) in [5, 5.41) is 27.6. The zero-order valence-electron chi connectivity index (χ0n) is 25.7. The number of imide groups is 1. The largest absolute Gasteiger partial charge is 0.246 e. The molecule has 3 saturated heterocycles. The van der Waals surface area contributed by atoms with Crippen molar-refractivity contribution >= 4 is 35.6 Å². The van der Waals surface area contributed by atoms with Crippen LogP contribution in [0.3, 0.4) is 0 Å². The average Bonchev–Trinajstić information content (AvgIpc) is 3.46. The summed E-state index contributed by atoms with van der Waals surface area (Å²) in [5.41, 5.74) is 0.919.